The van der Waals surface area contributed by atoms with Gasteiger partial charge in [0, 0.05) is 34.9 Å². The number of nitrogens with one attached hydrogen (secondary N) is 1. The van der Waals surface area contributed by atoms with E-state index in [0.717, 1.165) is 19.3 Å². The molecule has 2 aromatic carbocycles. The minimum absolute atomic E-state index is 0.0540. The van der Waals surface area contributed by atoms with Crippen LogP contribution in [-0.4, -0.2) is 48.9 Å². The van der Waals surface area contributed by atoms with E-state index in [1.807, 2.05) is 0 Å². The van der Waals surface area contributed by atoms with Crippen LogP contribution in [0, 0.1) is 0 Å². The number of hydrogen-bond acceptors (Lipinski definition) is 4. The zero-order valence-electron chi connectivity index (χ0n) is 17.9. The highest BCUT2D eigenvalue weighted by Crippen LogP contribution is 2.34. The van der Waals surface area contributed by atoms with Gasteiger partial charge in [-0.1, -0.05) is 29.3 Å². The summed E-state index contributed by atoms with van der Waals surface area (Å²) < 4.78 is 5.51. The number of hydrogen-bond donors (Lipinski definition) is 1. The van der Waals surface area contributed by atoms with Gasteiger partial charge >= 0.3 is 0 Å². The van der Waals surface area contributed by atoms with Gasteiger partial charge in [0.1, 0.15) is 12.3 Å². The molecule has 7 nitrogen and oxygen atoms in total. The molecule has 0 atom stereocenters. The molecule has 172 valence electrons. The van der Waals surface area contributed by atoms with Crippen LogP contribution < -0.4 is 15.0 Å². The van der Waals surface area contributed by atoms with Crippen LogP contribution >= 0.6 is 23.2 Å². The van der Waals surface area contributed by atoms with E-state index in [1.54, 1.807) is 47.4 Å². The standard InChI is InChI=1S/C24H23Cl2N3O4/c25-17-6-4-16(19(26)12-17)5-9-22(30)27-18-7-8-21-20(13-18)29(24(32)15-33-21)14-23(31)28-10-2-1-3-11-28/h4-9,12-13H,1-3,10-11,14-15H2,(H,27,30)/b9-5+. The van der Waals surface area contributed by atoms with Gasteiger partial charge < -0.3 is 15.0 Å². The molecule has 33 heavy (non-hydrogen) atoms. The van der Waals surface area contributed by atoms with Crippen LogP contribution in [0.4, 0.5) is 11.4 Å². The van der Waals surface area contributed by atoms with Gasteiger partial charge in [0.05, 0.1) is 5.69 Å². The van der Waals surface area contributed by atoms with E-state index >= 15 is 0 Å². The molecule has 1 N–H and O–H groups in total. The molecular weight excluding hydrogens is 465 g/mol. The molecule has 2 aromatic rings. The quantitative estimate of drug-likeness (QED) is 0.634. The Kier molecular flexibility index (Phi) is 7.20. The number of halogens is 2. The molecule has 9 heteroatoms. The topological polar surface area (TPSA) is 79.0 Å². The molecule has 0 saturated carbocycles. The van der Waals surface area contributed by atoms with Gasteiger partial charge in [-0.05, 0) is 61.2 Å². The number of ether oxygens (including phenoxy) is 1. The molecule has 0 unspecified atom stereocenters. The molecule has 2 aliphatic heterocycles. The fraction of sp³-hybridized carbons (Fsp3) is 0.292. The summed E-state index contributed by atoms with van der Waals surface area (Å²) in [4.78, 5) is 40.9. The lowest BCUT2D eigenvalue weighted by atomic mass is 10.1. The molecule has 0 aliphatic carbocycles. The molecule has 0 spiro atoms. The number of benzene rings is 2. The zero-order valence-corrected chi connectivity index (χ0v) is 19.4. The molecule has 2 heterocycles. The van der Waals surface area contributed by atoms with Crippen LogP contribution in [0.2, 0.25) is 10.0 Å². The Morgan fingerprint density at radius 3 is 2.61 bits per heavy atom. The fourth-order valence-corrected chi connectivity index (χ4v) is 4.29. The number of rotatable bonds is 5. The number of likely N-dealkylation sites (tertiary alicyclic amines) is 1. The van der Waals surface area contributed by atoms with Crippen LogP contribution in [0.5, 0.6) is 5.75 Å². The summed E-state index contributed by atoms with van der Waals surface area (Å²) >= 11 is 12.0. The van der Waals surface area contributed by atoms with E-state index in [4.69, 9.17) is 27.9 Å². The predicted molar refractivity (Wildman–Crippen MR) is 129 cm³/mol. The average Bonchev–Trinajstić information content (AvgIpc) is 2.81. The third-order valence-corrected chi connectivity index (χ3v) is 6.11. The Hall–Kier alpha value is -3.03. The fourth-order valence-electron chi connectivity index (χ4n) is 3.82. The molecule has 0 bridgehead atoms. The van der Waals surface area contributed by atoms with Crippen molar-refractivity contribution in [2.24, 2.45) is 0 Å². The maximum Gasteiger partial charge on any atom is 0.265 e. The average molecular weight is 488 g/mol. The Morgan fingerprint density at radius 1 is 1.06 bits per heavy atom. The van der Waals surface area contributed by atoms with Crippen molar-refractivity contribution in [2.45, 2.75) is 19.3 Å². The van der Waals surface area contributed by atoms with E-state index in [-0.39, 0.29) is 30.9 Å². The summed E-state index contributed by atoms with van der Waals surface area (Å²) in [5.41, 5.74) is 1.58. The molecule has 1 fully saturated rings. The van der Waals surface area contributed by atoms with Crippen LogP contribution in [0.25, 0.3) is 6.08 Å². The maximum absolute atomic E-state index is 12.7. The molecule has 2 aliphatic rings. The number of nitrogens with zero attached hydrogens (tertiary/aromatic N) is 2. The lowest BCUT2D eigenvalue weighted by molar-refractivity contribution is -0.132. The van der Waals surface area contributed by atoms with Gasteiger partial charge in [-0.2, -0.15) is 0 Å². The highest BCUT2D eigenvalue weighted by atomic mass is 35.5. The van der Waals surface area contributed by atoms with E-state index in [0.29, 0.717) is 45.8 Å². The summed E-state index contributed by atoms with van der Waals surface area (Å²) in [6.07, 6.45) is 6.01. The highest BCUT2D eigenvalue weighted by molar-refractivity contribution is 6.35. The van der Waals surface area contributed by atoms with Crippen molar-refractivity contribution >= 4 is 58.4 Å². The van der Waals surface area contributed by atoms with Gasteiger partial charge in [0.25, 0.3) is 5.91 Å². The van der Waals surface area contributed by atoms with E-state index in [1.165, 1.54) is 11.0 Å². The molecule has 0 radical (unpaired) electrons. The van der Waals surface area contributed by atoms with Gasteiger partial charge in [-0.3, -0.25) is 19.3 Å². The summed E-state index contributed by atoms with van der Waals surface area (Å²) in [6, 6.07) is 9.99. The van der Waals surface area contributed by atoms with Crippen molar-refractivity contribution in [1.82, 2.24) is 4.90 Å². The first-order valence-electron chi connectivity index (χ1n) is 10.7. The van der Waals surface area contributed by atoms with E-state index < -0.39 is 0 Å². The summed E-state index contributed by atoms with van der Waals surface area (Å²) in [7, 11) is 0. The second-order valence-electron chi connectivity index (χ2n) is 7.88. The number of anilines is 2. The van der Waals surface area contributed by atoms with Gasteiger partial charge in [-0.25, -0.2) is 0 Å². The molecular formula is C24H23Cl2N3O4. The number of piperidine rings is 1. The smallest absolute Gasteiger partial charge is 0.265 e. The van der Waals surface area contributed by atoms with Gasteiger partial charge in [-0.15, -0.1) is 0 Å². The lowest BCUT2D eigenvalue weighted by Gasteiger charge is -2.33. The Labute approximate surface area is 201 Å². The van der Waals surface area contributed by atoms with Crippen molar-refractivity contribution in [1.29, 1.82) is 0 Å². The van der Waals surface area contributed by atoms with Crippen molar-refractivity contribution in [3.8, 4) is 5.75 Å². The zero-order chi connectivity index (χ0) is 23.4. The molecule has 1 saturated heterocycles. The number of fused-ring (bicyclic) bond motifs is 1. The van der Waals surface area contributed by atoms with Crippen LogP contribution in [0.15, 0.2) is 42.5 Å². The Bertz CT molecular complexity index is 1110. The minimum atomic E-state index is -0.375. The number of amides is 3. The monoisotopic (exact) mass is 487 g/mol. The third-order valence-electron chi connectivity index (χ3n) is 5.55. The summed E-state index contributed by atoms with van der Waals surface area (Å²) in [5.74, 6) is -0.274. The number of carbonyl (C=O) groups excluding carboxylic acids is 3. The Balaban J connectivity index is 1.47. The summed E-state index contributed by atoms with van der Waals surface area (Å²) in [5, 5.41) is 3.71. The maximum atomic E-state index is 12.7. The van der Waals surface area contributed by atoms with Crippen molar-refractivity contribution in [3.63, 3.8) is 0 Å². The highest BCUT2D eigenvalue weighted by Gasteiger charge is 2.29. The van der Waals surface area contributed by atoms with Crippen LogP contribution in [0.1, 0.15) is 24.8 Å². The van der Waals surface area contributed by atoms with Gasteiger partial charge in [0.15, 0.2) is 6.61 Å². The molecule has 0 aromatic heterocycles. The number of carbonyl (C=O) groups is 3. The van der Waals surface area contributed by atoms with Gasteiger partial charge in [0.2, 0.25) is 11.8 Å². The SMILES string of the molecule is O=C(/C=C/c1ccc(Cl)cc1Cl)Nc1ccc2c(c1)N(CC(=O)N1CCCCC1)C(=O)CO2. The molecule has 4 rings (SSSR count). The van der Waals surface area contributed by atoms with Crippen LogP contribution in [-0.2, 0) is 14.4 Å². The van der Waals surface area contributed by atoms with Crippen molar-refractivity contribution < 1.29 is 19.1 Å². The summed E-state index contributed by atoms with van der Waals surface area (Å²) in [6.45, 7) is 1.24. The minimum Gasteiger partial charge on any atom is -0.482 e. The van der Waals surface area contributed by atoms with Crippen molar-refractivity contribution in [2.75, 3.05) is 36.5 Å². The largest absolute Gasteiger partial charge is 0.482 e. The third kappa shape index (κ3) is 5.67. The van der Waals surface area contributed by atoms with Crippen molar-refractivity contribution in [3.05, 3.63) is 58.1 Å². The van der Waals surface area contributed by atoms with Crippen LogP contribution in [0.3, 0.4) is 0 Å². The normalized spacial score (nSPS) is 15.9. The first-order chi connectivity index (χ1) is 15.9. The first kappa shape index (κ1) is 23.1. The second kappa shape index (κ2) is 10.3. The van der Waals surface area contributed by atoms with E-state index in [9.17, 15) is 14.4 Å². The lowest BCUT2D eigenvalue weighted by Crippen LogP contribution is -2.47. The molecule has 3 amide bonds. The first-order valence-corrected chi connectivity index (χ1v) is 11.5. The second-order valence-corrected chi connectivity index (χ2v) is 8.72. The van der Waals surface area contributed by atoms with E-state index in [2.05, 4.69) is 5.32 Å². The Morgan fingerprint density at radius 2 is 1.85 bits per heavy atom. The predicted octanol–water partition coefficient (Wildman–Crippen LogP) is 4.38.